The number of phenolic OH excluding ortho intramolecular Hbond substituents is 5. The molecule has 592 valence electrons. The van der Waals surface area contributed by atoms with Crippen LogP contribution in [-0.4, -0.2) is 103 Å². The number of imidazole rings is 5. The number of rotatable bonds is 11. The first-order valence-electron chi connectivity index (χ1n) is 38.8. The van der Waals surface area contributed by atoms with E-state index in [1.54, 1.807) is 85.7 Å². The van der Waals surface area contributed by atoms with E-state index in [1.165, 1.54) is 0 Å². The standard InChI is InChI=1S/C24H17N3O.C22H15N3O.C19H15N3O.C18H13N3O.C17H12N4O.5Zn/c28-22-15-7-5-12-19(22)23-26-20-13-8-16-25-24(20)27(23)21-14-6-4-11-18(21)17-9-2-1-3-10-17;26-20-13-4-3-10-17(20)22-24-21-19(12-6-14-23-21)25(22)18-11-5-8-15-7-1-2-9-16(15)18;1-13-6-4-7-14(12-13)22-18(15-8-2-3-10-17(15)23)21-16-9-5-11-20-19(16)22;22-16-11-5-4-9-14(16)18-20-17-15(10-6-12-19-17)21(18)13-7-2-1-3-8-13;22-14-9-5-4-8-13(14)16-20-15-17(19-11-10-18-15)21(16)12-6-2-1-3-7-12;;;;;/h1-16,28H;1-14,26H;2-12,23H,1H3;1-12,22H;1-11,22H;;;;;. The number of aryl methyl sites for hydroxylation is 1. The Morgan fingerprint density at radius 1 is 0.230 bits per heavy atom. The molecule has 10 aromatic heterocycles. The summed E-state index contributed by atoms with van der Waals surface area (Å²) in [4.78, 5) is 49.8. The Bertz CT molecular complexity index is 7340. The van der Waals surface area contributed by atoms with Crippen LogP contribution in [0.5, 0.6) is 28.7 Å². The smallest absolute Gasteiger partial charge is 0.198 e. The minimum absolute atomic E-state index is 0. The van der Waals surface area contributed by atoms with Crippen molar-refractivity contribution in [2.45, 2.75) is 6.92 Å². The average Bonchev–Trinajstić information content (AvgIpc) is 1.60. The Hall–Kier alpha value is -14.0. The maximum atomic E-state index is 10.5. The normalized spacial score (nSPS) is 10.6. The van der Waals surface area contributed by atoms with Crippen molar-refractivity contribution in [3.05, 3.63) is 395 Å². The number of fused-ring (bicyclic) bond motifs is 6. The van der Waals surface area contributed by atoms with Gasteiger partial charge in [-0.25, -0.2) is 54.8 Å². The molecule has 0 fully saturated rings. The van der Waals surface area contributed by atoms with Crippen LogP contribution in [0.25, 0.3) is 163 Å². The average molecular weight is 1900 g/mol. The van der Waals surface area contributed by atoms with E-state index in [0.29, 0.717) is 79.5 Å². The van der Waals surface area contributed by atoms with Gasteiger partial charge < -0.3 is 25.5 Å². The van der Waals surface area contributed by atoms with Crippen molar-refractivity contribution in [2.24, 2.45) is 0 Å². The van der Waals surface area contributed by atoms with Gasteiger partial charge in [-0.1, -0.05) is 194 Å². The summed E-state index contributed by atoms with van der Waals surface area (Å²) < 4.78 is 9.98. The van der Waals surface area contributed by atoms with Gasteiger partial charge in [-0.2, -0.15) is 0 Å². The molecular weight excluding hydrogens is 1830 g/mol. The second-order valence-corrected chi connectivity index (χ2v) is 27.9. The van der Waals surface area contributed by atoms with E-state index in [4.69, 9.17) is 15.0 Å². The van der Waals surface area contributed by atoms with Crippen molar-refractivity contribution >= 4 is 66.7 Å². The monoisotopic (exact) mass is 1900 g/mol. The molecule has 0 bridgehead atoms. The molecule has 0 saturated carbocycles. The van der Waals surface area contributed by atoms with Gasteiger partial charge in [-0.05, 0) is 181 Å². The van der Waals surface area contributed by atoms with Crippen molar-refractivity contribution < 1.29 is 123 Å². The summed E-state index contributed by atoms with van der Waals surface area (Å²) in [7, 11) is 0. The quantitative estimate of drug-likeness (QED) is 0.0753. The van der Waals surface area contributed by atoms with Crippen LogP contribution < -0.4 is 0 Å². The molecular formula is C100H72N16O5Zn5. The minimum Gasteiger partial charge on any atom is -0.507 e. The SMILES string of the molecule is Cc1cccc(-n2c(-c3ccccc3O)nc3cccnc32)c1.Oc1ccccc1-c1nc2cccnc2n1-c1ccccc1-c1ccccc1.Oc1ccccc1-c1nc2ncccc2n1-c1cccc2ccccc12.Oc1ccccc1-c1nc2ncccc2n1-c1ccccc1.Oc1ccccc1-c1nc2nccnc2n1-c1ccccc1.[Zn].[Zn].[Zn].[Zn].[Zn]. The molecule has 0 aliphatic heterocycles. The van der Waals surface area contributed by atoms with E-state index < -0.39 is 0 Å². The fourth-order valence-electron chi connectivity index (χ4n) is 14.8. The number of para-hydroxylation sites is 8. The van der Waals surface area contributed by atoms with Crippen LogP contribution in [0.3, 0.4) is 0 Å². The first-order valence-corrected chi connectivity index (χ1v) is 38.8. The van der Waals surface area contributed by atoms with Gasteiger partial charge in [0.15, 0.2) is 63.0 Å². The van der Waals surface area contributed by atoms with Crippen LogP contribution in [0, 0.1) is 6.92 Å². The molecule has 12 aromatic carbocycles. The van der Waals surface area contributed by atoms with Crippen molar-refractivity contribution in [1.29, 1.82) is 0 Å². The van der Waals surface area contributed by atoms with Crippen molar-refractivity contribution in [1.82, 2.24) is 77.7 Å². The number of nitrogens with zero attached hydrogens (tertiary/aromatic N) is 16. The van der Waals surface area contributed by atoms with Crippen molar-refractivity contribution in [3.8, 4) is 125 Å². The number of benzene rings is 12. The molecule has 0 spiro atoms. The van der Waals surface area contributed by atoms with Gasteiger partial charge in [0.25, 0.3) is 0 Å². The van der Waals surface area contributed by atoms with E-state index in [0.717, 1.165) is 89.3 Å². The molecule has 10 heterocycles. The zero-order valence-corrected chi connectivity index (χ0v) is 83.2. The second kappa shape index (κ2) is 41.0. The van der Waals surface area contributed by atoms with Crippen LogP contribution in [0.1, 0.15) is 5.56 Å². The van der Waals surface area contributed by atoms with Gasteiger partial charge in [-0.15, -0.1) is 0 Å². The van der Waals surface area contributed by atoms with E-state index in [1.807, 2.05) is 261 Å². The van der Waals surface area contributed by atoms with Crippen molar-refractivity contribution in [2.75, 3.05) is 0 Å². The summed E-state index contributed by atoms with van der Waals surface area (Å²) in [5, 5.41) is 53.7. The van der Waals surface area contributed by atoms with Crippen LogP contribution >= 0.6 is 0 Å². The number of aromatic nitrogens is 16. The fraction of sp³-hybridized carbons (Fsp3) is 0.0100. The van der Waals surface area contributed by atoms with Crippen LogP contribution in [-0.2, 0) is 97.4 Å². The summed E-state index contributed by atoms with van der Waals surface area (Å²) in [6.07, 6.45) is 10.2. The Kier molecular flexibility index (Phi) is 29.2. The van der Waals surface area contributed by atoms with Gasteiger partial charge in [0, 0.05) is 163 Å². The first-order chi connectivity index (χ1) is 59.6. The molecule has 0 aliphatic carbocycles. The minimum atomic E-state index is 0. The van der Waals surface area contributed by atoms with E-state index in [2.05, 4.69) is 112 Å². The third-order valence-corrected chi connectivity index (χ3v) is 20.2. The summed E-state index contributed by atoms with van der Waals surface area (Å²) in [5.41, 5.74) is 19.0. The van der Waals surface area contributed by atoms with Crippen molar-refractivity contribution in [3.63, 3.8) is 0 Å². The number of aromatic hydroxyl groups is 5. The van der Waals surface area contributed by atoms with E-state index in [9.17, 15) is 25.5 Å². The predicted octanol–water partition coefficient (Wildman–Crippen LogP) is 21.5. The van der Waals surface area contributed by atoms with Crippen LogP contribution in [0.15, 0.2) is 389 Å². The Labute approximate surface area is 787 Å². The summed E-state index contributed by atoms with van der Waals surface area (Å²) in [5.74, 6) is 4.29. The molecule has 22 rings (SSSR count). The zero-order valence-electron chi connectivity index (χ0n) is 68.4. The molecule has 0 unspecified atom stereocenters. The molecule has 5 N–H and O–H groups in total. The number of hydrogen-bond acceptors (Lipinski definition) is 16. The molecule has 126 heavy (non-hydrogen) atoms. The zero-order chi connectivity index (χ0) is 82.1. The van der Waals surface area contributed by atoms with Gasteiger partial charge in [0.05, 0.1) is 50.2 Å². The largest absolute Gasteiger partial charge is 0.507 e. The third-order valence-electron chi connectivity index (χ3n) is 20.2. The Balaban J connectivity index is 0.000000134. The van der Waals surface area contributed by atoms with Crippen LogP contribution in [0.2, 0.25) is 0 Å². The predicted molar refractivity (Wildman–Crippen MR) is 475 cm³/mol. The van der Waals surface area contributed by atoms with Gasteiger partial charge in [-0.3, -0.25) is 22.8 Å². The molecule has 26 heteroatoms. The van der Waals surface area contributed by atoms with E-state index in [-0.39, 0.29) is 126 Å². The number of hydrogen-bond donors (Lipinski definition) is 5. The molecule has 22 aromatic rings. The number of phenols is 5. The molecule has 0 aliphatic rings. The summed E-state index contributed by atoms with van der Waals surface area (Å²) >= 11 is 0. The Morgan fingerprint density at radius 3 is 1.10 bits per heavy atom. The van der Waals surface area contributed by atoms with Gasteiger partial charge >= 0.3 is 0 Å². The second-order valence-electron chi connectivity index (χ2n) is 27.9. The molecule has 0 atom stereocenters. The van der Waals surface area contributed by atoms with E-state index >= 15 is 0 Å². The first kappa shape index (κ1) is 89.8. The number of pyridine rings is 4. The topological polar surface area (TPSA) is 268 Å². The Morgan fingerprint density at radius 2 is 0.571 bits per heavy atom. The molecule has 21 nitrogen and oxygen atoms in total. The molecule has 0 radical (unpaired) electrons. The summed E-state index contributed by atoms with van der Waals surface area (Å²) in [6.45, 7) is 2.05. The maximum absolute atomic E-state index is 10.5. The van der Waals surface area contributed by atoms with Gasteiger partial charge in [0.2, 0.25) is 0 Å². The van der Waals surface area contributed by atoms with Crippen LogP contribution in [0.4, 0.5) is 0 Å². The summed E-state index contributed by atoms with van der Waals surface area (Å²) in [6, 6.07) is 112. The van der Waals surface area contributed by atoms with Gasteiger partial charge in [0.1, 0.15) is 39.8 Å². The molecule has 0 saturated heterocycles. The fourth-order valence-corrected chi connectivity index (χ4v) is 14.8. The maximum Gasteiger partial charge on any atom is 0.198 e. The third kappa shape index (κ3) is 18.5. The molecule has 0 amide bonds.